The summed E-state index contributed by atoms with van der Waals surface area (Å²) in [4.78, 5) is 13.8. The van der Waals surface area contributed by atoms with Gasteiger partial charge >= 0.3 is 0 Å². The van der Waals surface area contributed by atoms with Gasteiger partial charge in [-0.3, -0.25) is 4.79 Å². The average molecular weight is 269 g/mol. The van der Waals surface area contributed by atoms with Gasteiger partial charge in [0.05, 0.1) is 0 Å². The van der Waals surface area contributed by atoms with Gasteiger partial charge in [-0.25, -0.2) is 0 Å². The molecule has 0 aromatic heterocycles. The largest absolute Gasteiger partial charge is 0.484 e. The van der Waals surface area contributed by atoms with E-state index in [2.05, 4.69) is 0 Å². The van der Waals surface area contributed by atoms with Crippen LogP contribution < -0.4 is 10.5 Å². The predicted molar refractivity (Wildman–Crippen MR) is 70.7 cm³/mol. The molecule has 0 saturated heterocycles. The molecule has 0 radical (unpaired) electrons. The molecule has 1 fully saturated rings. The standard InChI is InChI=1S/C13H17ClN2O2/c14-10-1-5-12(6-2-10)18-9-13(17)16(8-7-15)11-3-4-11/h1-2,5-6,11H,3-4,7-9,15H2. The Balaban J connectivity index is 1.84. The Morgan fingerprint density at radius 1 is 1.39 bits per heavy atom. The first-order valence-corrected chi connectivity index (χ1v) is 6.46. The second-order valence-corrected chi connectivity index (χ2v) is 4.79. The molecule has 0 heterocycles. The van der Waals surface area contributed by atoms with Gasteiger partial charge in [-0.05, 0) is 37.1 Å². The number of hydrogen-bond donors (Lipinski definition) is 1. The van der Waals surface area contributed by atoms with Crippen LogP contribution in [0.15, 0.2) is 24.3 Å². The summed E-state index contributed by atoms with van der Waals surface area (Å²) in [6.07, 6.45) is 2.15. The predicted octanol–water partition coefficient (Wildman–Crippen LogP) is 1.67. The van der Waals surface area contributed by atoms with Crippen molar-refractivity contribution >= 4 is 17.5 Å². The summed E-state index contributed by atoms with van der Waals surface area (Å²) in [7, 11) is 0. The highest BCUT2D eigenvalue weighted by Crippen LogP contribution is 2.26. The fourth-order valence-electron chi connectivity index (χ4n) is 1.80. The number of carbonyl (C=O) groups is 1. The highest BCUT2D eigenvalue weighted by molar-refractivity contribution is 6.30. The minimum atomic E-state index is -0.00194. The lowest BCUT2D eigenvalue weighted by Gasteiger charge is -2.21. The lowest BCUT2D eigenvalue weighted by molar-refractivity contribution is -0.133. The summed E-state index contributed by atoms with van der Waals surface area (Å²) in [6, 6.07) is 7.34. The number of carbonyl (C=O) groups excluding carboxylic acids is 1. The maximum absolute atomic E-state index is 12.0. The maximum Gasteiger partial charge on any atom is 0.260 e. The van der Waals surface area contributed by atoms with Crippen LogP contribution in [0.1, 0.15) is 12.8 Å². The van der Waals surface area contributed by atoms with Gasteiger partial charge < -0.3 is 15.4 Å². The van der Waals surface area contributed by atoms with Crippen LogP contribution in [-0.2, 0) is 4.79 Å². The zero-order valence-corrected chi connectivity index (χ0v) is 10.9. The third-order valence-electron chi connectivity index (χ3n) is 2.85. The van der Waals surface area contributed by atoms with E-state index in [1.165, 1.54) is 0 Å². The van der Waals surface area contributed by atoms with E-state index in [1.807, 2.05) is 4.90 Å². The Kier molecular flexibility index (Phi) is 4.44. The second-order valence-electron chi connectivity index (χ2n) is 4.35. The topological polar surface area (TPSA) is 55.6 Å². The molecule has 1 aromatic rings. The van der Waals surface area contributed by atoms with E-state index in [9.17, 15) is 4.79 Å². The van der Waals surface area contributed by atoms with Gasteiger partial charge in [0.2, 0.25) is 0 Å². The Hall–Kier alpha value is -1.26. The molecule has 1 aromatic carbocycles. The number of amides is 1. The number of ether oxygens (including phenoxy) is 1. The number of hydrogen-bond acceptors (Lipinski definition) is 3. The zero-order chi connectivity index (χ0) is 13.0. The summed E-state index contributed by atoms with van der Waals surface area (Å²) in [5, 5.41) is 0.649. The highest BCUT2D eigenvalue weighted by atomic mass is 35.5. The van der Waals surface area contributed by atoms with Crippen molar-refractivity contribution in [3.63, 3.8) is 0 Å². The zero-order valence-electron chi connectivity index (χ0n) is 10.1. The molecular weight excluding hydrogens is 252 g/mol. The number of halogens is 1. The Labute approximate surface area is 112 Å². The van der Waals surface area contributed by atoms with Crippen LogP contribution in [0.5, 0.6) is 5.75 Å². The van der Waals surface area contributed by atoms with Gasteiger partial charge in [-0.15, -0.1) is 0 Å². The Bertz CT molecular complexity index is 404. The molecule has 0 spiro atoms. The van der Waals surface area contributed by atoms with E-state index in [4.69, 9.17) is 22.1 Å². The smallest absolute Gasteiger partial charge is 0.260 e. The number of nitrogens with two attached hydrogens (primary N) is 1. The first-order valence-electron chi connectivity index (χ1n) is 6.08. The number of nitrogens with zero attached hydrogens (tertiary/aromatic N) is 1. The van der Waals surface area contributed by atoms with Gasteiger partial charge in [0.1, 0.15) is 5.75 Å². The van der Waals surface area contributed by atoms with Crippen LogP contribution in [0.4, 0.5) is 0 Å². The molecule has 0 bridgehead atoms. The van der Waals surface area contributed by atoms with Gasteiger partial charge in [0.25, 0.3) is 5.91 Å². The maximum atomic E-state index is 12.0. The molecule has 98 valence electrons. The lowest BCUT2D eigenvalue weighted by atomic mass is 10.3. The fourth-order valence-corrected chi connectivity index (χ4v) is 1.92. The fraction of sp³-hybridized carbons (Fsp3) is 0.462. The molecule has 0 unspecified atom stereocenters. The molecule has 2 rings (SSSR count). The quantitative estimate of drug-likeness (QED) is 0.854. The van der Waals surface area contributed by atoms with Crippen molar-refractivity contribution in [2.24, 2.45) is 5.73 Å². The molecule has 2 N–H and O–H groups in total. The molecular formula is C13H17ClN2O2. The molecule has 1 amide bonds. The van der Waals surface area contributed by atoms with Crippen molar-refractivity contribution < 1.29 is 9.53 Å². The molecule has 18 heavy (non-hydrogen) atoms. The first-order chi connectivity index (χ1) is 8.70. The van der Waals surface area contributed by atoms with Crippen LogP contribution in [0.25, 0.3) is 0 Å². The van der Waals surface area contributed by atoms with Crippen molar-refractivity contribution in [3.8, 4) is 5.75 Å². The minimum Gasteiger partial charge on any atom is -0.484 e. The minimum absolute atomic E-state index is 0.00194. The van der Waals surface area contributed by atoms with Crippen molar-refractivity contribution in [2.45, 2.75) is 18.9 Å². The van der Waals surface area contributed by atoms with Crippen molar-refractivity contribution in [2.75, 3.05) is 19.7 Å². The van der Waals surface area contributed by atoms with E-state index >= 15 is 0 Å². The van der Waals surface area contributed by atoms with Gasteiger partial charge in [0.15, 0.2) is 6.61 Å². The molecule has 1 aliphatic rings. The Morgan fingerprint density at radius 3 is 2.61 bits per heavy atom. The van der Waals surface area contributed by atoms with Crippen LogP contribution in [0.2, 0.25) is 5.02 Å². The normalized spacial score (nSPS) is 14.3. The van der Waals surface area contributed by atoms with E-state index in [1.54, 1.807) is 24.3 Å². The van der Waals surface area contributed by atoms with E-state index < -0.39 is 0 Å². The summed E-state index contributed by atoms with van der Waals surface area (Å²) in [5.41, 5.74) is 5.51. The molecule has 5 heteroatoms. The molecule has 1 aliphatic carbocycles. The summed E-state index contributed by atoms with van der Waals surface area (Å²) < 4.78 is 5.44. The first kappa shape index (κ1) is 13.2. The SMILES string of the molecule is NCCN(C(=O)COc1ccc(Cl)cc1)C1CC1. The molecule has 0 atom stereocenters. The molecule has 1 saturated carbocycles. The molecule has 0 aliphatic heterocycles. The van der Waals surface area contributed by atoms with Gasteiger partial charge in [-0.1, -0.05) is 11.6 Å². The van der Waals surface area contributed by atoms with Gasteiger partial charge in [-0.2, -0.15) is 0 Å². The van der Waals surface area contributed by atoms with E-state index in [-0.39, 0.29) is 12.5 Å². The summed E-state index contributed by atoms with van der Waals surface area (Å²) >= 11 is 5.77. The number of benzene rings is 1. The second kappa shape index (κ2) is 6.07. The summed E-state index contributed by atoms with van der Waals surface area (Å²) in [6.45, 7) is 1.15. The van der Waals surface area contributed by atoms with Crippen LogP contribution in [0.3, 0.4) is 0 Å². The lowest BCUT2D eigenvalue weighted by Crippen LogP contribution is -2.40. The van der Waals surface area contributed by atoms with Crippen LogP contribution in [0, 0.1) is 0 Å². The van der Waals surface area contributed by atoms with E-state index in [0.29, 0.717) is 29.9 Å². The third kappa shape index (κ3) is 3.62. The monoisotopic (exact) mass is 268 g/mol. The van der Waals surface area contributed by atoms with Gasteiger partial charge in [0, 0.05) is 24.2 Å². The number of rotatable bonds is 6. The average Bonchev–Trinajstić information content (AvgIpc) is 3.19. The van der Waals surface area contributed by atoms with Crippen molar-refractivity contribution in [3.05, 3.63) is 29.3 Å². The highest BCUT2D eigenvalue weighted by Gasteiger charge is 2.31. The van der Waals surface area contributed by atoms with Crippen LogP contribution >= 0.6 is 11.6 Å². The van der Waals surface area contributed by atoms with Crippen molar-refractivity contribution in [1.82, 2.24) is 4.90 Å². The molecule has 4 nitrogen and oxygen atoms in total. The summed E-state index contributed by atoms with van der Waals surface area (Å²) in [5.74, 6) is 0.647. The van der Waals surface area contributed by atoms with Crippen molar-refractivity contribution in [1.29, 1.82) is 0 Å². The third-order valence-corrected chi connectivity index (χ3v) is 3.11. The Morgan fingerprint density at radius 2 is 2.06 bits per heavy atom. The van der Waals surface area contributed by atoms with Crippen LogP contribution in [-0.4, -0.2) is 36.5 Å². The van der Waals surface area contributed by atoms with E-state index in [0.717, 1.165) is 12.8 Å².